The Labute approximate surface area is 163 Å². The molecule has 5 heteroatoms. The van der Waals surface area contributed by atoms with Gasteiger partial charge in [-0.15, -0.1) is 0 Å². The van der Waals surface area contributed by atoms with Crippen molar-refractivity contribution in [3.8, 4) is 0 Å². The van der Waals surface area contributed by atoms with Crippen LogP contribution in [0.2, 0.25) is 5.02 Å². The van der Waals surface area contributed by atoms with Crippen molar-refractivity contribution >= 4 is 29.1 Å². The molecule has 0 fully saturated rings. The minimum absolute atomic E-state index is 0.182. The summed E-state index contributed by atoms with van der Waals surface area (Å²) in [6.45, 7) is 2.47. The van der Waals surface area contributed by atoms with Crippen LogP contribution in [0.3, 0.4) is 0 Å². The first-order valence-electron chi connectivity index (χ1n) is 8.52. The molecule has 0 aliphatic rings. The zero-order valence-corrected chi connectivity index (χ0v) is 15.6. The van der Waals surface area contributed by atoms with Crippen molar-refractivity contribution in [2.24, 2.45) is 0 Å². The van der Waals surface area contributed by atoms with Gasteiger partial charge in [-0.2, -0.15) is 0 Å². The molecule has 3 rings (SSSR count). The fourth-order valence-corrected chi connectivity index (χ4v) is 2.84. The Morgan fingerprint density at radius 2 is 1.52 bits per heavy atom. The van der Waals surface area contributed by atoms with Gasteiger partial charge >= 0.3 is 0 Å². The number of anilines is 1. The van der Waals surface area contributed by atoms with Crippen LogP contribution in [0.4, 0.5) is 5.69 Å². The van der Waals surface area contributed by atoms with E-state index in [4.69, 9.17) is 11.6 Å². The molecule has 0 radical (unpaired) electrons. The van der Waals surface area contributed by atoms with E-state index in [0.717, 1.165) is 11.1 Å². The van der Waals surface area contributed by atoms with Crippen molar-refractivity contribution in [3.63, 3.8) is 0 Å². The Bertz CT molecular complexity index is 968. The summed E-state index contributed by atoms with van der Waals surface area (Å²) < 4.78 is 0. The van der Waals surface area contributed by atoms with Crippen molar-refractivity contribution in [3.05, 3.63) is 100 Å². The average molecular weight is 379 g/mol. The molecule has 0 saturated heterocycles. The van der Waals surface area contributed by atoms with Gasteiger partial charge in [0.2, 0.25) is 0 Å². The van der Waals surface area contributed by atoms with Gasteiger partial charge in [-0.25, -0.2) is 0 Å². The van der Waals surface area contributed by atoms with E-state index < -0.39 is 0 Å². The number of hydrogen-bond donors (Lipinski definition) is 2. The van der Waals surface area contributed by atoms with Gasteiger partial charge < -0.3 is 10.6 Å². The predicted octanol–water partition coefficient (Wildman–Crippen LogP) is 4.83. The molecule has 3 aromatic rings. The number of carbonyl (C=O) groups excluding carboxylic acids is 2. The quantitative estimate of drug-likeness (QED) is 0.668. The molecule has 0 saturated carbocycles. The molecule has 0 aliphatic heterocycles. The fraction of sp³-hybridized carbons (Fsp3) is 0.0909. The lowest BCUT2D eigenvalue weighted by atomic mass is 10.1. The molecule has 27 heavy (non-hydrogen) atoms. The van der Waals surface area contributed by atoms with Gasteiger partial charge in [0, 0.05) is 28.4 Å². The number of nitrogens with one attached hydrogen (secondary N) is 2. The van der Waals surface area contributed by atoms with Crippen LogP contribution in [0, 0.1) is 6.92 Å². The molecule has 0 atom stereocenters. The highest BCUT2D eigenvalue weighted by Crippen LogP contribution is 2.16. The predicted molar refractivity (Wildman–Crippen MR) is 108 cm³/mol. The van der Waals surface area contributed by atoms with E-state index >= 15 is 0 Å². The number of rotatable bonds is 5. The molecule has 3 aromatic carbocycles. The van der Waals surface area contributed by atoms with Gasteiger partial charge in [-0.1, -0.05) is 47.5 Å². The van der Waals surface area contributed by atoms with Gasteiger partial charge in [-0.3, -0.25) is 9.59 Å². The summed E-state index contributed by atoms with van der Waals surface area (Å²) in [5, 5.41) is 6.21. The lowest BCUT2D eigenvalue weighted by molar-refractivity contribution is 0.0949. The summed E-state index contributed by atoms with van der Waals surface area (Å²) in [5.74, 6) is -0.442. The van der Waals surface area contributed by atoms with Crippen LogP contribution < -0.4 is 10.6 Å². The fourth-order valence-electron chi connectivity index (χ4n) is 2.65. The molecular weight excluding hydrogens is 360 g/mol. The van der Waals surface area contributed by atoms with E-state index in [2.05, 4.69) is 10.6 Å². The van der Waals surface area contributed by atoms with Crippen molar-refractivity contribution in [1.82, 2.24) is 5.32 Å². The summed E-state index contributed by atoms with van der Waals surface area (Å²) in [6, 6.07) is 21.4. The van der Waals surface area contributed by atoms with Crippen molar-refractivity contribution in [2.75, 3.05) is 5.32 Å². The van der Waals surface area contributed by atoms with Crippen LogP contribution in [0.15, 0.2) is 72.8 Å². The SMILES string of the molecule is Cc1cccc(CNC(=O)c2ccc(C(=O)Nc3cccc(Cl)c3)cc2)c1. The summed E-state index contributed by atoms with van der Waals surface area (Å²) >= 11 is 5.92. The smallest absolute Gasteiger partial charge is 0.255 e. The minimum atomic E-state index is -0.260. The molecular formula is C22H19ClN2O2. The normalized spacial score (nSPS) is 10.3. The number of benzene rings is 3. The Morgan fingerprint density at radius 1 is 0.852 bits per heavy atom. The number of carbonyl (C=O) groups is 2. The molecule has 4 nitrogen and oxygen atoms in total. The van der Waals surface area contributed by atoms with Gasteiger partial charge in [0.05, 0.1) is 0 Å². The first kappa shape index (κ1) is 18.7. The topological polar surface area (TPSA) is 58.2 Å². The van der Waals surface area contributed by atoms with Gasteiger partial charge in [0.1, 0.15) is 0 Å². The van der Waals surface area contributed by atoms with Crippen LogP contribution in [0.5, 0.6) is 0 Å². The monoisotopic (exact) mass is 378 g/mol. The largest absolute Gasteiger partial charge is 0.348 e. The van der Waals surface area contributed by atoms with Crippen LogP contribution in [0.1, 0.15) is 31.8 Å². The summed E-state index contributed by atoms with van der Waals surface area (Å²) in [7, 11) is 0. The molecule has 0 bridgehead atoms. The number of amides is 2. The highest BCUT2D eigenvalue weighted by Gasteiger charge is 2.09. The molecule has 0 spiro atoms. The van der Waals surface area contributed by atoms with Crippen molar-refractivity contribution in [2.45, 2.75) is 13.5 Å². The molecule has 0 heterocycles. The summed E-state index contributed by atoms with van der Waals surface area (Å²) in [4.78, 5) is 24.6. The second-order valence-corrected chi connectivity index (χ2v) is 6.65. The van der Waals surface area contributed by atoms with E-state index in [9.17, 15) is 9.59 Å². The number of halogens is 1. The van der Waals surface area contributed by atoms with Crippen LogP contribution in [-0.4, -0.2) is 11.8 Å². The zero-order valence-electron chi connectivity index (χ0n) is 14.8. The van der Waals surface area contributed by atoms with E-state index in [1.807, 2.05) is 31.2 Å². The average Bonchev–Trinajstić information content (AvgIpc) is 2.66. The first-order chi connectivity index (χ1) is 13.0. The second kappa shape index (κ2) is 8.52. The van der Waals surface area contributed by atoms with Crippen molar-refractivity contribution < 1.29 is 9.59 Å². The third kappa shape index (κ3) is 5.19. The third-order valence-electron chi connectivity index (χ3n) is 4.03. The van der Waals surface area contributed by atoms with Crippen molar-refractivity contribution in [1.29, 1.82) is 0 Å². The highest BCUT2D eigenvalue weighted by atomic mass is 35.5. The third-order valence-corrected chi connectivity index (χ3v) is 4.26. The Hall–Kier alpha value is -3.11. The lowest BCUT2D eigenvalue weighted by Gasteiger charge is -2.08. The zero-order chi connectivity index (χ0) is 19.2. The molecule has 136 valence electrons. The van der Waals surface area contributed by atoms with E-state index in [0.29, 0.717) is 28.4 Å². The second-order valence-electron chi connectivity index (χ2n) is 6.21. The molecule has 0 aromatic heterocycles. The Balaban J connectivity index is 1.60. The van der Waals surface area contributed by atoms with Crippen LogP contribution in [0.25, 0.3) is 0 Å². The van der Waals surface area contributed by atoms with E-state index in [1.165, 1.54) is 0 Å². The maximum atomic E-state index is 12.3. The summed E-state index contributed by atoms with van der Waals surface area (Å²) in [5.41, 5.74) is 3.78. The van der Waals surface area contributed by atoms with E-state index in [-0.39, 0.29) is 11.8 Å². The minimum Gasteiger partial charge on any atom is -0.348 e. The highest BCUT2D eigenvalue weighted by molar-refractivity contribution is 6.31. The molecule has 2 N–H and O–H groups in total. The number of hydrogen-bond acceptors (Lipinski definition) is 2. The maximum absolute atomic E-state index is 12.3. The van der Waals surface area contributed by atoms with Gasteiger partial charge in [-0.05, 0) is 55.0 Å². The van der Waals surface area contributed by atoms with E-state index in [1.54, 1.807) is 48.5 Å². The lowest BCUT2D eigenvalue weighted by Crippen LogP contribution is -2.23. The Morgan fingerprint density at radius 3 is 2.19 bits per heavy atom. The van der Waals surface area contributed by atoms with Gasteiger partial charge in [0.25, 0.3) is 11.8 Å². The Kier molecular flexibility index (Phi) is 5.89. The number of aryl methyl sites for hydroxylation is 1. The van der Waals surface area contributed by atoms with Gasteiger partial charge in [0.15, 0.2) is 0 Å². The first-order valence-corrected chi connectivity index (χ1v) is 8.90. The summed E-state index contributed by atoms with van der Waals surface area (Å²) in [6.07, 6.45) is 0. The maximum Gasteiger partial charge on any atom is 0.255 e. The molecule has 0 unspecified atom stereocenters. The molecule has 0 aliphatic carbocycles. The molecule has 2 amide bonds. The standard InChI is InChI=1S/C22H19ClN2O2/c1-15-4-2-5-16(12-15)14-24-21(26)17-8-10-18(11-9-17)22(27)25-20-7-3-6-19(23)13-20/h2-13H,14H2,1H3,(H,24,26)(H,25,27). The van der Waals surface area contributed by atoms with Crippen LogP contribution in [-0.2, 0) is 6.54 Å². The van der Waals surface area contributed by atoms with Crippen LogP contribution >= 0.6 is 11.6 Å².